The van der Waals surface area contributed by atoms with Gasteiger partial charge in [-0.3, -0.25) is 4.57 Å². The Morgan fingerprint density at radius 3 is 2.11 bits per heavy atom. The number of quaternary nitrogens is 1. The molecular weight excluding hydrogens is 443 g/mol. The second-order valence-corrected chi connectivity index (χ2v) is 10.4. The first-order valence-corrected chi connectivity index (χ1v) is 11.9. The van der Waals surface area contributed by atoms with Crippen LogP contribution >= 0.6 is 7.60 Å². The molecule has 166 valence electrons. The highest BCUT2D eigenvalue weighted by molar-refractivity contribution is 7.61. The van der Waals surface area contributed by atoms with Crippen LogP contribution in [0.3, 0.4) is 0 Å². The highest BCUT2D eigenvalue weighted by Crippen LogP contribution is 2.49. The summed E-state index contributed by atoms with van der Waals surface area (Å²) in [5.41, 5.74) is 0.263. The van der Waals surface area contributed by atoms with E-state index in [0.717, 1.165) is 11.0 Å². The number of halogens is 1. The Balaban J connectivity index is 0.00000729. The lowest BCUT2D eigenvalue weighted by atomic mass is 10.1. The normalized spacial score (nSPS) is 12.6. The zero-order valence-corrected chi connectivity index (χ0v) is 21.2. The van der Waals surface area contributed by atoms with Crippen LogP contribution in [0.25, 0.3) is 0 Å². The zero-order chi connectivity index (χ0) is 20.5. The van der Waals surface area contributed by atoms with E-state index < -0.39 is 7.60 Å². The summed E-state index contributed by atoms with van der Waals surface area (Å²) < 4.78 is 30.6. The van der Waals surface area contributed by atoms with Crippen molar-refractivity contribution in [1.82, 2.24) is 5.16 Å². The van der Waals surface area contributed by atoms with Crippen molar-refractivity contribution in [1.29, 1.82) is 0 Å². The van der Waals surface area contributed by atoms with Crippen molar-refractivity contribution in [3.05, 3.63) is 11.8 Å². The van der Waals surface area contributed by atoms with Crippen molar-refractivity contribution in [2.75, 3.05) is 20.6 Å². The van der Waals surface area contributed by atoms with E-state index in [4.69, 9.17) is 13.6 Å². The van der Waals surface area contributed by atoms with E-state index >= 15 is 0 Å². The molecule has 0 radical (unpaired) electrons. The highest BCUT2D eigenvalue weighted by Gasteiger charge is 2.35. The molecule has 0 atom stereocenters. The van der Waals surface area contributed by atoms with Crippen LogP contribution in [0.4, 0.5) is 0 Å². The first-order valence-electron chi connectivity index (χ1n) is 10.3. The van der Waals surface area contributed by atoms with Crippen molar-refractivity contribution >= 4 is 13.0 Å². The minimum absolute atomic E-state index is 0. The van der Waals surface area contributed by atoms with E-state index in [-0.39, 0.29) is 34.6 Å². The van der Waals surface area contributed by atoms with Gasteiger partial charge in [0.05, 0.1) is 32.8 Å². The summed E-state index contributed by atoms with van der Waals surface area (Å²) in [7, 11) is 0.890. The molecule has 0 aromatic carbocycles. The molecule has 1 heterocycles. The number of hydrogen-bond acceptors (Lipinski definition) is 5. The fraction of sp³-hybridized carbons (Fsp3) is 0.850. The van der Waals surface area contributed by atoms with E-state index in [0.29, 0.717) is 12.3 Å². The SMILES string of the molecule is CCCCCCCC[N+](C)(C)Cc1cc(P(=O)(OC(C)C)OC(C)C)no1.[Br-]. The summed E-state index contributed by atoms with van der Waals surface area (Å²) in [5, 5.41) is 4.01. The monoisotopic (exact) mass is 482 g/mol. The van der Waals surface area contributed by atoms with Gasteiger partial charge in [0.2, 0.25) is 0 Å². The molecule has 8 heteroatoms. The van der Waals surface area contributed by atoms with Crippen molar-refractivity contribution in [2.45, 2.75) is 91.9 Å². The number of aromatic nitrogens is 1. The summed E-state index contributed by atoms with van der Waals surface area (Å²) >= 11 is 0. The van der Waals surface area contributed by atoms with E-state index in [1.165, 1.54) is 38.5 Å². The summed E-state index contributed by atoms with van der Waals surface area (Å²) in [6.45, 7) is 11.3. The van der Waals surface area contributed by atoms with Crippen molar-refractivity contribution in [3.63, 3.8) is 0 Å². The fourth-order valence-electron chi connectivity index (χ4n) is 3.01. The van der Waals surface area contributed by atoms with Crippen LogP contribution in [-0.2, 0) is 20.2 Å². The van der Waals surface area contributed by atoms with Gasteiger partial charge in [0.15, 0.2) is 11.2 Å². The number of unbranched alkanes of at least 4 members (excludes halogenated alkanes) is 5. The topological polar surface area (TPSA) is 61.6 Å². The van der Waals surface area contributed by atoms with Crippen LogP contribution in [0.15, 0.2) is 10.6 Å². The molecule has 0 aliphatic heterocycles. The van der Waals surface area contributed by atoms with Crippen LogP contribution < -0.4 is 22.4 Å². The number of hydrogen-bond donors (Lipinski definition) is 0. The average molecular weight is 483 g/mol. The standard InChI is InChI=1S/C20H40N2O4P.BrH/c1-8-9-10-11-12-13-14-22(6,7)16-19-15-20(21-24-19)27(23,25-17(2)3)26-18(4)5;/h15,17-18H,8-14,16H2,1-7H3;1H/q+1;/p-1. The van der Waals surface area contributed by atoms with Gasteiger partial charge in [-0.25, -0.2) is 0 Å². The van der Waals surface area contributed by atoms with Gasteiger partial charge in [0, 0.05) is 6.07 Å². The molecule has 0 aliphatic rings. The first-order chi connectivity index (χ1) is 12.6. The predicted molar refractivity (Wildman–Crippen MR) is 110 cm³/mol. The quantitative estimate of drug-likeness (QED) is 0.231. The van der Waals surface area contributed by atoms with Gasteiger partial charge in [-0.05, 0) is 40.5 Å². The lowest BCUT2D eigenvalue weighted by Gasteiger charge is -2.28. The number of nitrogens with zero attached hydrogens (tertiary/aromatic N) is 2. The molecule has 0 unspecified atom stereocenters. The summed E-state index contributed by atoms with van der Waals surface area (Å²) in [6.07, 6.45) is 7.26. The van der Waals surface area contributed by atoms with Gasteiger partial charge in [-0.15, -0.1) is 0 Å². The highest BCUT2D eigenvalue weighted by atomic mass is 79.9. The minimum Gasteiger partial charge on any atom is -1.00 e. The molecule has 0 saturated heterocycles. The van der Waals surface area contributed by atoms with Gasteiger partial charge in [0.25, 0.3) is 0 Å². The summed E-state index contributed by atoms with van der Waals surface area (Å²) in [4.78, 5) is 0. The van der Waals surface area contributed by atoms with E-state index in [2.05, 4.69) is 26.2 Å². The zero-order valence-electron chi connectivity index (χ0n) is 18.7. The molecular formula is C20H40BrN2O4P. The summed E-state index contributed by atoms with van der Waals surface area (Å²) in [5.74, 6) is 0.709. The Morgan fingerprint density at radius 2 is 1.57 bits per heavy atom. The van der Waals surface area contributed by atoms with Gasteiger partial charge in [-0.2, -0.15) is 0 Å². The maximum Gasteiger partial charge on any atom is 0.383 e. The Hall–Kier alpha value is -0.200. The third-order valence-corrected chi connectivity index (χ3v) is 6.40. The van der Waals surface area contributed by atoms with Crippen LogP contribution in [0.2, 0.25) is 0 Å². The molecule has 0 N–H and O–H groups in total. The van der Waals surface area contributed by atoms with Gasteiger partial charge in [0.1, 0.15) is 6.54 Å². The Morgan fingerprint density at radius 1 is 1.04 bits per heavy atom. The van der Waals surface area contributed by atoms with Crippen LogP contribution in [0, 0.1) is 0 Å². The maximum absolute atomic E-state index is 13.1. The molecule has 1 rings (SSSR count). The van der Waals surface area contributed by atoms with Gasteiger partial charge >= 0.3 is 7.60 Å². The Kier molecular flexibility index (Phi) is 13.1. The van der Waals surface area contributed by atoms with Gasteiger partial charge in [-0.1, -0.05) is 37.8 Å². The molecule has 1 aromatic rings. The van der Waals surface area contributed by atoms with Crippen LogP contribution in [0.5, 0.6) is 0 Å². The molecule has 0 fully saturated rings. The minimum atomic E-state index is -3.48. The van der Waals surface area contributed by atoms with Crippen LogP contribution in [0.1, 0.15) is 78.9 Å². The summed E-state index contributed by atoms with van der Waals surface area (Å²) in [6, 6.07) is 1.73. The second kappa shape index (κ2) is 13.2. The second-order valence-electron chi connectivity index (χ2n) is 8.54. The molecule has 0 spiro atoms. The maximum atomic E-state index is 13.1. The third kappa shape index (κ3) is 10.5. The van der Waals surface area contributed by atoms with Crippen LogP contribution in [-0.4, -0.2) is 42.5 Å². The largest absolute Gasteiger partial charge is 1.00 e. The lowest BCUT2D eigenvalue weighted by Crippen LogP contribution is -3.00. The molecule has 0 saturated carbocycles. The molecule has 1 aromatic heterocycles. The van der Waals surface area contributed by atoms with Crippen molar-refractivity contribution < 1.29 is 39.6 Å². The molecule has 6 nitrogen and oxygen atoms in total. The smallest absolute Gasteiger partial charge is 0.383 e. The lowest BCUT2D eigenvalue weighted by molar-refractivity contribution is -0.904. The molecule has 0 aliphatic carbocycles. The number of rotatable bonds is 14. The first kappa shape index (κ1) is 27.8. The predicted octanol–water partition coefficient (Wildman–Crippen LogP) is 2.28. The van der Waals surface area contributed by atoms with Crippen molar-refractivity contribution in [3.8, 4) is 0 Å². The molecule has 0 amide bonds. The molecule has 0 bridgehead atoms. The van der Waals surface area contributed by atoms with E-state index in [1.807, 2.05) is 27.7 Å². The van der Waals surface area contributed by atoms with E-state index in [1.54, 1.807) is 6.07 Å². The fourth-order valence-corrected chi connectivity index (χ4v) is 4.83. The Bertz CT molecular complexity index is 577. The average Bonchev–Trinajstić information content (AvgIpc) is 2.97. The van der Waals surface area contributed by atoms with Crippen molar-refractivity contribution in [2.24, 2.45) is 0 Å². The van der Waals surface area contributed by atoms with E-state index in [9.17, 15) is 4.57 Å². The van der Waals surface area contributed by atoms with Gasteiger partial charge < -0.3 is 35.0 Å². The third-order valence-electron chi connectivity index (χ3n) is 4.23. The Labute approximate surface area is 182 Å². The molecule has 28 heavy (non-hydrogen) atoms.